The number of halogens is 1. The summed E-state index contributed by atoms with van der Waals surface area (Å²) in [6, 6.07) is 6.61. The third-order valence-corrected chi connectivity index (χ3v) is 4.65. The Morgan fingerprint density at radius 2 is 2.05 bits per heavy atom. The number of hydrogen-bond acceptors (Lipinski definition) is 3. The van der Waals surface area contributed by atoms with Gasteiger partial charge in [-0.2, -0.15) is 0 Å². The minimum Gasteiger partial charge on any atom is -0.314 e. The van der Waals surface area contributed by atoms with Gasteiger partial charge in [0.15, 0.2) is 0 Å². The SMILES string of the molecule is O=S(=O)(CCCCNC1CC1)NCc1cccc(F)c1. The Hall–Kier alpha value is -0.980. The van der Waals surface area contributed by atoms with Gasteiger partial charge in [0.05, 0.1) is 5.75 Å². The monoisotopic (exact) mass is 300 g/mol. The third-order valence-electron chi connectivity index (χ3n) is 3.24. The van der Waals surface area contributed by atoms with Gasteiger partial charge in [0, 0.05) is 12.6 Å². The number of nitrogens with one attached hydrogen (secondary N) is 2. The van der Waals surface area contributed by atoms with Gasteiger partial charge in [0.2, 0.25) is 10.0 Å². The van der Waals surface area contributed by atoms with Crippen LogP contribution in [0, 0.1) is 5.82 Å². The Kier molecular flexibility index (Phi) is 5.51. The lowest BCUT2D eigenvalue weighted by molar-refractivity contribution is 0.572. The highest BCUT2D eigenvalue weighted by molar-refractivity contribution is 7.89. The maximum Gasteiger partial charge on any atom is 0.211 e. The molecule has 0 unspecified atom stereocenters. The van der Waals surface area contributed by atoms with Gasteiger partial charge in [-0.15, -0.1) is 0 Å². The summed E-state index contributed by atoms with van der Waals surface area (Å²) in [5.41, 5.74) is 0.629. The molecule has 1 fully saturated rings. The van der Waals surface area contributed by atoms with Crippen LogP contribution in [0.4, 0.5) is 4.39 Å². The van der Waals surface area contributed by atoms with Gasteiger partial charge in [-0.25, -0.2) is 17.5 Å². The number of sulfonamides is 1. The fourth-order valence-corrected chi connectivity index (χ4v) is 3.04. The molecule has 4 nitrogen and oxygen atoms in total. The van der Waals surface area contributed by atoms with E-state index in [0.717, 1.165) is 13.0 Å². The molecule has 0 radical (unpaired) electrons. The molecule has 0 aromatic heterocycles. The minimum atomic E-state index is -3.28. The van der Waals surface area contributed by atoms with E-state index in [4.69, 9.17) is 0 Å². The molecule has 1 aliphatic carbocycles. The molecule has 0 atom stereocenters. The zero-order valence-corrected chi connectivity index (χ0v) is 12.3. The highest BCUT2D eigenvalue weighted by Gasteiger charge is 2.19. The normalized spacial score (nSPS) is 15.4. The Morgan fingerprint density at radius 1 is 1.25 bits per heavy atom. The van der Waals surface area contributed by atoms with Crippen LogP contribution in [0.2, 0.25) is 0 Å². The Labute approximate surface area is 119 Å². The van der Waals surface area contributed by atoms with Crippen LogP contribution in [0.5, 0.6) is 0 Å². The fourth-order valence-electron chi connectivity index (χ4n) is 1.92. The first-order valence-electron chi connectivity index (χ1n) is 7.00. The average molecular weight is 300 g/mol. The average Bonchev–Trinajstić information content (AvgIpc) is 3.20. The smallest absolute Gasteiger partial charge is 0.211 e. The van der Waals surface area contributed by atoms with E-state index >= 15 is 0 Å². The standard InChI is InChI=1S/C14H21FN2O2S/c15-13-5-3-4-12(10-13)11-17-20(18,19)9-2-1-8-16-14-6-7-14/h3-5,10,14,16-17H,1-2,6-9,11H2. The van der Waals surface area contributed by atoms with Gasteiger partial charge in [0.25, 0.3) is 0 Å². The molecule has 2 N–H and O–H groups in total. The highest BCUT2D eigenvalue weighted by atomic mass is 32.2. The molecule has 1 saturated carbocycles. The number of rotatable bonds is 9. The number of unbranched alkanes of at least 4 members (excludes halogenated alkanes) is 1. The zero-order valence-electron chi connectivity index (χ0n) is 11.4. The second kappa shape index (κ2) is 7.15. The summed E-state index contributed by atoms with van der Waals surface area (Å²) in [6.45, 7) is 1.02. The predicted molar refractivity (Wildman–Crippen MR) is 77.3 cm³/mol. The van der Waals surface area contributed by atoms with Crippen molar-refractivity contribution in [3.63, 3.8) is 0 Å². The van der Waals surface area contributed by atoms with Gasteiger partial charge in [-0.1, -0.05) is 12.1 Å². The molecule has 0 aliphatic heterocycles. The van der Waals surface area contributed by atoms with E-state index in [1.54, 1.807) is 12.1 Å². The van der Waals surface area contributed by atoms with Crippen molar-refractivity contribution in [1.82, 2.24) is 10.0 Å². The van der Waals surface area contributed by atoms with Gasteiger partial charge in [0.1, 0.15) is 5.82 Å². The summed E-state index contributed by atoms with van der Waals surface area (Å²) in [4.78, 5) is 0. The Morgan fingerprint density at radius 3 is 2.75 bits per heavy atom. The molecule has 0 spiro atoms. The van der Waals surface area contributed by atoms with Gasteiger partial charge in [-0.3, -0.25) is 0 Å². The van der Waals surface area contributed by atoms with Crippen LogP contribution in [0.1, 0.15) is 31.2 Å². The molecule has 1 aliphatic rings. The topological polar surface area (TPSA) is 58.2 Å². The molecule has 0 heterocycles. The molecule has 6 heteroatoms. The number of hydrogen-bond donors (Lipinski definition) is 2. The van der Waals surface area contributed by atoms with Crippen LogP contribution < -0.4 is 10.0 Å². The van der Waals surface area contributed by atoms with Crippen LogP contribution in [0.3, 0.4) is 0 Å². The second-order valence-corrected chi connectivity index (χ2v) is 7.13. The van der Waals surface area contributed by atoms with Crippen LogP contribution in [-0.4, -0.2) is 26.8 Å². The van der Waals surface area contributed by atoms with Gasteiger partial charge in [-0.05, 0) is 49.9 Å². The molecule has 0 saturated heterocycles. The molecule has 2 rings (SSSR count). The van der Waals surface area contributed by atoms with E-state index in [1.165, 1.54) is 25.0 Å². The van der Waals surface area contributed by atoms with Crippen molar-refractivity contribution < 1.29 is 12.8 Å². The first kappa shape index (κ1) is 15.4. The predicted octanol–water partition coefficient (Wildman–Crippen LogP) is 1.78. The molecule has 1 aromatic rings. The molecule has 0 amide bonds. The summed E-state index contributed by atoms with van der Waals surface area (Å²) < 4.78 is 39.0. The second-order valence-electron chi connectivity index (χ2n) is 5.21. The molecular weight excluding hydrogens is 279 g/mol. The first-order chi connectivity index (χ1) is 9.55. The van der Waals surface area contributed by atoms with Crippen molar-refractivity contribution in [3.05, 3.63) is 35.6 Å². The summed E-state index contributed by atoms with van der Waals surface area (Å²) in [6.07, 6.45) is 3.98. The lowest BCUT2D eigenvalue weighted by atomic mass is 10.2. The van der Waals surface area contributed by atoms with Crippen molar-refractivity contribution >= 4 is 10.0 Å². The summed E-state index contributed by atoms with van der Waals surface area (Å²) >= 11 is 0. The lowest BCUT2D eigenvalue weighted by Gasteiger charge is -2.07. The van der Waals surface area contributed by atoms with Crippen molar-refractivity contribution in [2.75, 3.05) is 12.3 Å². The molecule has 1 aromatic carbocycles. The van der Waals surface area contributed by atoms with E-state index in [2.05, 4.69) is 10.0 Å². The highest BCUT2D eigenvalue weighted by Crippen LogP contribution is 2.18. The fraction of sp³-hybridized carbons (Fsp3) is 0.571. The molecular formula is C14H21FN2O2S. The molecule has 0 bridgehead atoms. The van der Waals surface area contributed by atoms with Gasteiger partial charge >= 0.3 is 0 Å². The van der Waals surface area contributed by atoms with Crippen LogP contribution in [0.15, 0.2) is 24.3 Å². The van der Waals surface area contributed by atoms with E-state index in [0.29, 0.717) is 18.0 Å². The van der Waals surface area contributed by atoms with Crippen molar-refractivity contribution in [3.8, 4) is 0 Å². The zero-order chi connectivity index (χ0) is 14.4. The maximum absolute atomic E-state index is 13.0. The first-order valence-corrected chi connectivity index (χ1v) is 8.65. The summed E-state index contributed by atoms with van der Waals surface area (Å²) in [7, 11) is -3.28. The number of benzene rings is 1. The van der Waals surface area contributed by atoms with Crippen LogP contribution in [0.25, 0.3) is 0 Å². The van der Waals surface area contributed by atoms with Crippen LogP contribution in [-0.2, 0) is 16.6 Å². The summed E-state index contributed by atoms with van der Waals surface area (Å²) in [5, 5.41) is 3.35. The summed E-state index contributed by atoms with van der Waals surface area (Å²) in [5.74, 6) is -0.234. The van der Waals surface area contributed by atoms with Crippen molar-refractivity contribution in [2.24, 2.45) is 0 Å². The van der Waals surface area contributed by atoms with Crippen LogP contribution >= 0.6 is 0 Å². The third kappa shape index (κ3) is 5.98. The van der Waals surface area contributed by atoms with E-state index in [-0.39, 0.29) is 18.1 Å². The van der Waals surface area contributed by atoms with E-state index in [9.17, 15) is 12.8 Å². The van der Waals surface area contributed by atoms with Gasteiger partial charge < -0.3 is 5.32 Å². The van der Waals surface area contributed by atoms with E-state index in [1.807, 2.05) is 0 Å². The van der Waals surface area contributed by atoms with Crippen molar-refractivity contribution in [1.29, 1.82) is 0 Å². The lowest BCUT2D eigenvalue weighted by Crippen LogP contribution is -2.26. The molecule has 112 valence electrons. The largest absolute Gasteiger partial charge is 0.314 e. The maximum atomic E-state index is 13.0. The molecule has 20 heavy (non-hydrogen) atoms. The van der Waals surface area contributed by atoms with E-state index < -0.39 is 10.0 Å². The van der Waals surface area contributed by atoms with Crippen molar-refractivity contribution in [2.45, 2.75) is 38.3 Å². The Bertz CT molecular complexity index is 530. The Balaban J connectivity index is 1.64. The minimum absolute atomic E-state index is 0.120. The quantitative estimate of drug-likeness (QED) is 0.684.